The Morgan fingerprint density at radius 3 is 1.96 bits per heavy atom. The molecule has 1 nitrogen and oxygen atoms in total. The first-order valence-corrected chi connectivity index (χ1v) is 11.5. The highest BCUT2D eigenvalue weighted by molar-refractivity contribution is 7.78. The summed E-state index contributed by atoms with van der Waals surface area (Å²) >= 11 is 4.66. The fourth-order valence-electron chi connectivity index (χ4n) is 4.51. The van der Waals surface area contributed by atoms with Gasteiger partial charge >= 0.3 is 0 Å². The molecule has 0 unspecified atom stereocenters. The first kappa shape index (κ1) is 21.0. The van der Waals surface area contributed by atoms with Crippen LogP contribution in [-0.2, 0) is 6.42 Å². The van der Waals surface area contributed by atoms with Crippen molar-refractivity contribution in [2.45, 2.75) is 71.1 Å². The van der Waals surface area contributed by atoms with E-state index in [1.165, 1.54) is 80.9 Å². The smallest absolute Gasteiger partial charge is 0.0739 e. The molecule has 2 aromatic rings. The maximum absolute atomic E-state index is 4.66. The van der Waals surface area contributed by atoms with Crippen LogP contribution < -0.4 is 0 Å². The fourth-order valence-corrected chi connectivity index (χ4v) is 4.61. The van der Waals surface area contributed by atoms with Gasteiger partial charge in [-0.1, -0.05) is 94.7 Å². The SMILES string of the molecule is CCCCCC1CCC(CCc2ccc(-c3ccc(N=C=S)cc3)cc2)CC1. The molecule has 0 N–H and O–H groups in total. The Balaban J connectivity index is 1.44. The summed E-state index contributed by atoms with van der Waals surface area (Å²) in [6.07, 6.45) is 14.1. The summed E-state index contributed by atoms with van der Waals surface area (Å²) in [6.45, 7) is 2.30. The molecule has 1 fully saturated rings. The quantitative estimate of drug-likeness (QED) is 0.237. The third-order valence-electron chi connectivity index (χ3n) is 6.35. The number of rotatable bonds is 9. The normalized spacial score (nSPS) is 19.2. The number of aryl methyl sites for hydroxylation is 1. The number of nitrogens with zero attached hydrogens (tertiary/aromatic N) is 1. The highest BCUT2D eigenvalue weighted by Crippen LogP contribution is 2.34. The molecular weight excluding hydrogens is 358 g/mol. The van der Waals surface area contributed by atoms with Gasteiger partial charge in [0.15, 0.2) is 0 Å². The van der Waals surface area contributed by atoms with E-state index >= 15 is 0 Å². The van der Waals surface area contributed by atoms with Crippen LogP contribution in [0, 0.1) is 11.8 Å². The van der Waals surface area contributed by atoms with Crippen LogP contribution in [0.3, 0.4) is 0 Å². The van der Waals surface area contributed by atoms with Gasteiger partial charge in [-0.15, -0.1) is 0 Å². The van der Waals surface area contributed by atoms with Crippen molar-refractivity contribution in [3.05, 3.63) is 54.1 Å². The molecule has 0 radical (unpaired) electrons. The molecule has 0 amide bonds. The molecule has 1 saturated carbocycles. The van der Waals surface area contributed by atoms with Crippen molar-refractivity contribution in [1.82, 2.24) is 0 Å². The maximum atomic E-state index is 4.66. The molecule has 0 heterocycles. The number of benzene rings is 2. The van der Waals surface area contributed by atoms with E-state index in [0.29, 0.717) is 0 Å². The standard InChI is InChI=1S/C26H33NS/c1-2-3-4-5-21-6-8-22(9-7-21)10-11-23-12-14-24(15-13-23)25-16-18-26(19-17-25)27-20-28/h12-19,21-22H,2-11H2,1H3. The Morgan fingerprint density at radius 2 is 1.39 bits per heavy atom. The van der Waals surface area contributed by atoms with Gasteiger partial charge in [-0.25, -0.2) is 0 Å². The summed E-state index contributed by atoms with van der Waals surface area (Å²) in [5, 5.41) is 2.41. The molecule has 3 rings (SSSR count). The Morgan fingerprint density at radius 1 is 0.821 bits per heavy atom. The van der Waals surface area contributed by atoms with E-state index in [0.717, 1.165) is 17.5 Å². The predicted molar refractivity (Wildman–Crippen MR) is 124 cm³/mol. The lowest BCUT2D eigenvalue weighted by Gasteiger charge is -2.28. The molecule has 0 atom stereocenters. The van der Waals surface area contributed by atoms with Crippen molar-refractivity contribution in [2.24, 2.45) is 16.8 Å². The van der Waals surface area contributed by atoms with Gasteiger partial charge in [0, 0.05) is 0 Å². The van der Waals surface area contributed by atoms with Crippen molar-refractivity contribution in [2.75, 3.05) is 0 Å². The van der Waals surface area contributed by atoms with Crippen LogP contribution in [0.25, 0.3) is 11.1 Å². The number of isothiocyanates is 1. The first-order valence-electron chi connectivity index (χ1n) is 11.1. The molecule has 0 saturated heterocycles. The van der Waals surface area contributed by atoms with Gasteiger partial charge in [0.05, 0.1) is 10.8 Å². The van der Waals surface area contributed by atoms with E-state index in [9.17, 15) is 0 Å². The number of hydrogen-bond acceptors (Lipinski definition) is 2. The van der Waals surface area contributed by atoms with Crippen LogP contribution in [0.5, 0.6) is 0 Å². The van der Waals surface area contributed by atoms with Gasteiger partial charge in [0.2, 0.25) is 0 Å². The molecule has 28 heavy (non-hydrogen) atoms. The van der Waals surface area contributed by atoms with Crippen molar-refractivity contribution in [1.29, 1.82) is 0 Å². The fraction of sp³-hybridized carbons (Fsp3) is 0.500. The lowest BCUT2D eigenvalue weighted by molar-refractivity contribution is 0.249. The molecule has 1 aliphatic rings. The van der Waals surface area contributed by atoms with E-state index in [1.54, 1.807) is 0 Å². The molecule has 0 spiro atoms. The second-order valence-corrected chi connectivity index (χ2v) is 8.55. The summed E-state index contributed by atoms with van der Waals surface area (Å²) in [6, 6.07) is 17.3. The maximum Gasteiger partial charge on any atom is 0.0739 e. The molecule has 1 aliphatic carbocycles. The Hall–Kier alpha value is -1.76. The van der Waals surface area contributed by atoms with Crippen LogP contribution in [0.4, 0.5) is 5.69 Å². The van der Waals surface area contributed by atoms with Crippen molar-refractivity contribution >= 4 is 23.1 Å². The van der Waals surface area contributed by atoms with Crippen molar-refractivity contribution < 1.29 is 0 Å². The second-order valence-electron chi connectivity index (χ2n) is 8.37. The van der Waals surface area contributed by atoms with Crippen LogP contribution in [-0.4, -0.2) is 5.16 Å². The minimum atomic E-state index is 0.857. The largest absolute Gasteiger partial charge is 0.195 e. The number of unbranched alkanes of at least 4 members (excludes halogenated alkanes) is 2. The second kappa shape index (κ2) is 11.3. The first-order chi connectivity index (χ1) is 13.8. The summed E-state index contributed by atoms with van der Waals surface area (Å²) in [5.74, 6) is 1.96. The third kappa shape index (κ3) is 6.40. The Labute approximate surface area is 176 Å². The van der Waals surface area contributed by atoms with E-state index in [4.69, 9.17) is 0 Å². The minimum absolute atomic E-state index is 0.857. The number of aliphatic imine (C=N–C) groups is 1. The van der Waals surface area contributed by atoms with Crippen LogP contribution in [0.1, 0.15) is 70.3 Å². The molecule has 2 aromatic carbocycles. The zero-order valence-electron chi connectivity index (χ0n) is 17.2. The van der Waals surface area contributed by atoms with Gasteiger partial charge in [0.25, 0.3) is 0 Å². The van der Waals surface area contributed by atoms with E-state index in [1.807, 2.05) is 12.1 Å². The number of hydrogen-bond donors (Lipinski definition) is 0. The Bertz CT molecular complexity index is 748. The van der Waals surface area contributed by atoms with Gasteiger partial charge in [-0.3, -0.25) is 0 Å². The van der Waals surface area contributed by atoms with Crippen molar-refractivity contribution in [3.8, 4) is 11.1 Å². The summed E-state index contributed by atoms with van der Waals surface area (Å²) in [5.41, 5.74) is 4.80. The average Bonchev–Trinajstić information content (AvgIpc) is 2.75. The molecule has 148 valence electrons. The van der Waals surface area contributed by atoms with Crippen molar-refractivity contribution in [3.63, 3.8) is 0 Å². The zero-order chi connectivity index (χ0) is 19.6. The average molecular weight is 392 g/mol. The Kier molecular flexibility index (Phi) is 8.45. The lowest BCUT2D eigenvalue weighted by atomic mass is 9.78. The molecule has 0 aliphatic heterocycles. The summed E-state index contributed by atoms with van der Waals surface area (Å²) in [7, 11) is 0. The van der Waals surface area contributed by atoms with E-state index in [-0.39, 0.29) is 0 Å². The molecule has 0 bridgehead atoms. The molecular formula is C26H33NS. The topological polar surface area (TPSA) is 12.4 Å². The zero-order valence-corrected chi connectivity index (χ0v) is 18.0. The van der Waals surface area contributed by atoms with E-state index < -0.39 is 0 Å². The molecule has 0 aromatic heterocycles. The summed E-state index contributed by atoms with van der Waals surface area (Å²) in [4.78, 5) is 4.01. The van der Waals surface area contributed by atoms with Crippen LogP contribution in [0.15, 0.2) is 53.5 Å². The van der Waals surface area contributed by atoms with Crippen LogP contribution in [0.2, 0.25) is 0 Å². The van der Waals surface area contributed by atoms with Gasteiger partial charge in [0.1, 0.15) is 0 Å². The highest BCUT2D eigenvalue weighted by Gasteiger charge is 2.20. The third-order valence-corrected chi connectivity index (χ3v) is 6.44. The highest BCUT2D eigenvalue weighted by atomic mass is 32.1. The summed E-state index contributed by atoms with van der Waals surface area (Å²) < 4.78 is 0. The molecule has 2 heteroatoms. The minimum Gasteiger partial charge on any atom is -0.195 e. The monoisotopic (exact) mass is 391 g/mol. The van der Waals surface area contributed by atoms with Gasteiger partial charge < -0.3 is 0 Å². The van der Waals surface area contributed by atoms with Crippen LogP contribution >= 0.6 is 12.2 Å². The predicted octanol–water partition coefficient (Wildman–Crippen LogP) is 8.41. The van der Waals surface area contributed by atoms with Gasteiger partial charge in [-0.05, 0) is 65.7 Å². The lowest BCUT2D eigenvalue weighted by Crippen LogP contribution is -2.15. The van der Waals surface area contributed by atoms with E-state index in [2.05, 4.69) is 65.7 Å². The number of thiocarbonyl (C=S) groups is 1. The van der Waals surface area contributed by atoms with Gasteiger partial charge in [-0.2, -0.15) is 4.99 Å².